The molecule has 0 bridgehead atoms. The lowest BCUT2D eigenvalue weighted by atomic mass is 9.98. The summed E-state index contributed by atoms with van der Waals surface area (Å²) in [5.41, 5.74) is 5.59. The molecule has 0 unspecified atom stereocenters. The Morgan fingerprint density at radius 2 is 1.85 bits per heavy atom. The van der Waals surface area contributed by atoms with Crippen molar-refractivity contribution >= 4 is 6.08 Å². The third kappa shape index (κ3) is 2.21. The lowest BCUT2D eigenvalue weighted by Crippen LogP contribution is -1.90. The van der Waals surface area contributed by atoms with Crippen LogP contribution in [-0.2, 0) is 6.42 Å². The van der Waals surface area contributed by atoms with Gasteiger partial charge in [0.2, 0.25) is 0 Å². The molecule has 0 aliphatic heterocycles. The minimum atomic E-state index is 1.12. The molecule has 1 aromatic rings. The van der Waals surface area contributed by atoms with E-state index < -0.39 is 0 Å². The van der Waals surface area contributed by atoms with E-state index in [1.54, 1.807) is 0 Å². The first kappa shape index (κ1) is 10.0. The minimum Gasteiger partial charge on any atom is -0.0871 e. The van der Waals surface area contributed by atoms with Gasteiger partial charge in [0.05, 0.1) is 0 Å². The van der Waals surface area contributed by atoms with Crippen LogP contribution in [0.5, 0.6) is 0 Å². The zero-order chi connectivity index (χ0) is 9.84. The van der Waals surface area contributed by atoms with Crippen molar-refractivity contribution in [2.24, 2.45) is 0 Å². The van der Waals surface area contributed by atoms with E-state index in [0.717, 1.165) is 6.42 Å². The normalized spacial score (nSPS) is 11.1. The molecule has 0 amide bonds. The van der Waals surface area contributed by atoms with E-state index in [0.29, 0.717) is 0 Å². The van der Waals surface area contributed by atoms with Gasteiger partial charge in [0.25, 0.3) is 0 Å². The fourth-order valence-electron chi connectivity index (χ4n) is 1.66. The van der Waals surface area contributed by atoms with E-state index in [-0.39, 0.29) is 0 Å². The van der Waals surface area contributed by atoms with Crippen LogP contribution in [-0.4, -0.2) is 0 Å². The monoisotopic (exact) mass is 174 g/mol. The van der Waals surface area contributed by atoms with Gasteiger partial charge in [0.15, 0.2) is 0 Å². The van der Waals surface area contributed by atoms with Crippen LogP contribution in [0.25, 0.3) is 6.08 Å². The molecular formula is C13H18. The van der Waals surface area contributed by atoms with Crippen molar-refractivity contribution in [3.05, 3.63) is 40.5 Å². The second-order valence-corrected chi connectivity index (χ2v) is 3.49. The Bertz CT molecular complexity index is 319. The number of aryl methyl sites for hydroxylation is 3. The van der Waals surface area contributed by atoms with E-state index in [1.807, 2.05) is 0 Å². The standard InChI is InChI=1S/C13H18/c1-5-7-13-9-12(6-2)10(3)8-11(13)4/h5,7-9H,6H2,1-4H3/b7-5-. The Labute approximate surface area is 81.3 Å². The molecule has 0 heterocycles. The molecule has 70 valence electrons. The zero-order valence-electron chi connectivity index (χ0n) is 9.02. The molecule has 13 heavy (non-hydrogen) atoms. The van der Waals surface area contributed by atoms with E-state index in [4.69, 9.17) is 0 Å². The number of hydrogen-bond donors (Lipinski definition) is 0. The Hall–Kier alpha value is -1.04. The minimum absolute atomic E-state index is 1.12. The topological polar surface area (TPSA) is 0 Å². The number of benzene rings is 1. The molecular weight excluding hydrogens is 156 g/mol. The van der Waals surface area contributed by atoms with Gasteiger partial charge in [-0.2, -0.15) is 0 Å². The summed E-state index contributed by atoms with van der Waals surface area (Å²) in [6.45, 7) is 8.62. The number of allylic oxidation sites excluding steroid dienone is 1. The molecule has 0 aromatic heterocycles. The van der Waals surface area contributed by atoms with Crippen molar-refractivity contribution in [2.75, 3.05) is 0 Å². The number of hydrogen-bond acceptors (Lipinski definition) is 0. The van der Waals surface area contributed by atoms with Gasteiger partial charge in [-0.3, -0.25) is 0 Å². The van der Waals surface area contributed by atoms with Crippen LogP contribution in [0.1, 0.15) is 36.1 Å². The van der Waals surface area contributed by atoms with Crippen LogP contribution in [0.3, 0.4) is 0 Å². The SMILES string of the molecule is C/C=C\c1cc(CC)c(C)cc1C. The third-order valence-corrected chi connectivity index (χ3v) is 2.45. The van der Waals surface area contributed by atoms with Crippen LogP contribution in [0.15, 0.2) is 18.2 Å². The Kier molecular flexibility index (Phi) is 3.30. The van der Waals surface area contributed by atoms with Crippen molar-refractivity contribution < 1.29 is 0 Å². The van der Waals surface area contributed by atoms with Gasteiger partial charge in [-0.1, -0.05) is 31.2 Å². The maximum absolute atomic E-state index is 2.30. The van der Waals surface area contributed by atoms with Crippen LogP contribution in [0, 0.1) is 13.8 Å². The summed E-state index contributed by atoms with van der Waals surface area (Å²) >= 11 is 0. The summed E-state index contributed by atoms with van der Waals surface area (Å²) in [6, 6.07) is 4.57. The van der Waals surface area contributed by atoms with Gasteiger partial charge in [-0.05, 0) is 49.4 Å². The first-order valence-electron chi connectivity index (χ1n) is 4.91. The zero-order valence-corrected chi connectivity index (χ0v) is 9.02. The first-order valence-corrected chi connectivity index (χ1v) is 4.91. The van der Waals surface area contributed by atoms with Gasteiger partial charge in [0, 0.05) is 0 Å². The van der Waals surface area contributed by atoms with Gasteiger partial charge in [0.1, 0.15) is 0 Å². The molecule has 0 fully saturated rings. The predicted octanol–water partition coefficient (Wildman–Crippen LogP) is 3.90. The molecule has 0 aliphatic carbocycles. The van der Waals surface area contributed by atoms with Crippen LogP contribution in [0.4, 0.5) is 0 Å². The lowest BCUT2D eigenvalue weighted by Gasteiger charge is -2.07. The van der Waals surface area contributed by atoms with E-state index in [2.05, 4.69) is 52.0 Å². The quantitative estimate of drug-likeness (QED) is 0.638. The Balaban J connectivity index is 3.22. The second-order valence-electron chi connectivity index (χ2n) is 3.49. The maximum Gasteiger partial charge on any atom is -0.0228 e. The lowest BCUT2D eigenvalue weighted by molar-refractivity contribution is 1.10. The average Bonchev–Trinajstić information content (AvgIpc) is 2.10. The maximum atomic E-state index is 2.30. The summed E-state index contributed by atoms with van der Waals surface area (Å²) in [6.07, 6.45) is 5.39. The highest BCUT2D eigenvalue weighted by atomic mass is 14.0. The molecule has 1 rings (SSSR count). The van der Waals surface area contributed by atoms with Crippen molar-refractivity contribution in [3.63, 3.8) is 0 Å². The van der Waals surface area contributed by atoms with E-state index in [9.17, 15) is 0 Å². The molecule has 0 atom stereocenters. The summed E-state index contributed by atoms with van der Waals surface area (Å²) < 4.78 is 0. The third-order valence-electron chi connectivity index (χ3n) is 2.45. The smallest absolute Gasteiger partial charge is 0.0228 e. The number of rotatable bonds is 2. The highest BCUT2D eigenvalue weighted by molar-refractivity contribution is 5.55. The molecule has 1 aromatic carbocycles. The van der Waals surface area contributed by atoms with E-state index in [1.165, 1.54) is 22.3 Å². The van der Waals surface area contributed by atoms with Crippen molar-refractivity contribution in [1.29, 1.82) is 0 Å². The van der Waals surface area contributed by atoms with Crippen molar-refractivity contribution in [1.82, 2.24) is 0 Å². The van der Waals surface area contributed by atoms with E-state index >= 15 is 0 Å². The molecule has 0 spiro atoms. The largest absolute Gasteiger partial charge is 0.0871 e. The summed E-state index contributed by atoms with van der Waals surface area (Å²) in [5, 5.41) is 0. The van der Waals surface area contributed by atoms with Crippen LogP contribution >= 0.6 is 0 Å². The fourth-order valence-corrected chi connectivity index (χ4v) is 1.66. The summed E-state index contributed by atoms with van der Waals surface area (Å²) in [7, 11) is 0. The van der Waals surface area contributed by atoms with Gasteiger partial charge >= 0.3 is 0 Å². The Morgan fingerprint density at radius 1 is 1.15 bits per heavy atom. The second kappa shape index (κ2) is 4.27. The first-order chi connectivity index (χ1) is 6.19. The van der Waals surface area contributed by atoms with Gasteiger partial charge in [-0.25, -0.2) is 0 Å². The summed E-state index contributed by atoms with van der Waals surface area (Å²) in [4.78, 5) is 0. The van der Waals surface area contributed by atoms with Crippen molar-refractivity contribution in [2.45, 2.75) is 34.1 Å². The van der Waals surface area contributed by atoms with Gasteiger partial charge in [-0.15, -0.1) is 0 Å². The summed E-state index contributed by atoms with van der Waals surface area (Å²) in [5.74, 6) is 0. The molecule has 0 saturated carbocycles. The molecule has 0 nitrogen and oxygen atoms in total. The molecule has 0 N–H and O–H groups in total. The highest BCUT2D eigenvalue weighted by Gasteiger charge is 2.00. The van der Waals surface area contributed by atoms with Crippen molar-refractivity contribution in [3.8, 4) is 0 Å². The van der Waals surface area contributed by atoms with Crippen LogP contribution < -0.4 is 0 Å². The molecule has 0 saturated heterocycles. The predicted molar refractivity (Wildman–Crippen MR) is 60.0 cm³/mol. The Morgan fingerprint density at radius 3 is 2.38 bits per heavy atom. The highest BCUT2D eigenvalue weighted by Crippen LogP contribution is 2.17. The molecule has 0 radical (unpaired) electrons. The van der Waals surface area contributed by atoms with Gasteiger partial charge < -0.3 is 0 Å². The fraction of sp³-hybridized carbons (Fsp3) is 0.385. The average molecular weight is 174 g/mol. The van der Waals surface area contributed by atoms with Crippen LogP contribution in [0.2, 0.25) is 0 Å². The molecule has 0 aliphatic rings. The molecule has 0 heteroatoms.